The molecule has 1 aromatic carbocycles. The average Bonchev–Trinajstić information content (AvgIpc) is 2.27. The lowest BCUT2D eigenvalue weighted by Crippen LogP contribution is -2.29. The number of hydrogen-bond donors (Lipinski definition) is 1. The van der Waals surface area contributed by atoms with E-state index in [1.807, 2.05) is 37.3 Å². The Bertz CT molecular complexity index is 471. The lowest BCUT2D eigenvalue weighted by Gasteiger charge is -2.12. The summed E-state index contributed by atoms with van der Waals surface area (Å²) in [6.07, 6.45) is 0. The molecule has 0 aromatic heterocycles. The zero-order valence-corrected chi connectivity index (χ0v) is 11.3. The highest BCUT2D eigenvalue weighted by atomic mass is 35.5. The second-order valence-electron chi connectivity index (χ2n) is 3.93. The molecule has 0 spiro atoms. The summed E-state index contributed by atoms with van der Waals surface area (Å²) < 4.78 is 25.8. The van der Waals surface area contributed by atoms with E-state index in [0.29, 0.717) is 0 Å². The molecule has 94 valence electrons. The van der Waals surface area contributed by atoms with Crippen LogP contribution in [0.4, 0.5) is 0 Å². The average molecular weight is 274 g/mol. The van der Waals surface area contributed by atoms with Gasteiger partial charge in [0.1, 0.15) is 0 Å². The highest BCUT2D eigenvalue weighted by Gasteiger charge is 2.16. The molecule has 0 radical (unpaired) electrons. The molecule has 1 unspecified atom stereocenters. The highest BCUT2D eigenvalue weighted by molar-refractivity contribution is 7.89. The van der Waals surface area contributed by atoms with Gasteiger partial charge in [0.2, 0.25) is 10.0 Å². The molecule has 17 heavy (non-hydrogen) atoms. The van der Waals surface area contributed by atoms with E-state index in [4.69, 9.17) is 11.6 Å². The predicted octanol–water partition coefficient (Wildman–Crippen LogP) is 2.46. The van der Waals surface area contributed by atoms with Crippen LogP contribution in [0.5, 0.6) is 0 Å². The molecule has 0 aliphatic rings. The molecule has 0 amide bonds. The third-order valence-electron chi connectivity index (χ3n) is 2.32. The number of halogens is 1. The van der Waals surface area contributed by atoms with Crippen molar-refractivity contribution in [2.24, 2.45) is 0 Å². The molecule has 1 N–H and O–H groups in total. The van der Waals surface area contributed by atoms with E-state index in [2.05, 4.69) is 11.3 Å². The van der Waals surface area contributed by atoms with Crippen LogP contribution in [0.3, 0.4) is 0 Å². The molecule has 0 aliphatic carbocycles. The molecule has 0 bridgehead atoms. The van der Waals surface area contributed by atoms with Crippen LogP contribution in [-0.4, -0.2) is 20.7 Å². The van der Waals surface area contributed by atoms with Gasteiger partial charge in [-0.15, -0.1) is 0 Å². The van der Waals surface area contributed by atoms with E-state index >= 15 is 0 Å². The molecule has 0 saturated carbocycles. The van der Waals surface area contributed by atoms with Gasteiger partial charge in [0, 0.05) is 11.6 Å². The highest BCUT2D eigenvalue weighted by Crippen LogP contribution is 2.16. The van der Waals surface area contributed by atoms with Crippen LogP contribution in [0.1, 0.15) is 18.4 Å². The van der Waals surface area contributed by atoms with Crippen LogP contribution in [0.25, 0.3) is 0 Å². The van der Waals surface area contributed by atoms with E-state index in [0.717, 1.165) is 5.56 Å². The van der Waals surface area contributed by atoms with Gasteiger partial charge in [-0.1, -0.05) is 55.4 Å². The second kappa shape index (κ2) is 6.19. The maximum Gasteiger partial charge on any atom is 0.212 e. The van der Waals surface area contributed by atoms with Gasteiger partial charge < -0.3 is 0 Å². The Hall–Kier alpha value is -0.840. The van der Waals surface area contributed by atoms with Crippen molar-refractivity contribution in [3.8, 4) is 0 Å². The largest absolute Gasteiger partial charge is 0.212 e. The van der Waals surface area contributed by atoms with Crippen molar-refractivity contribution in [3.05, 3.63) is 47.5 Å². The summed E-state index contributed by atoms with van der Waals surface area (Å²) in [6.45, 7) is 5.39. The summed E-state index contributed by atoms with van der Waals surface area (Å²) in [5.41, 5.74) is 1.00. The van der Waals surface area contributed by atoms with E-state index < -0.39 is 10.0 Å². The van der Waals surface area contributed by atoms with E-state index in [1.165, 1.54) is 0 Å². The first-order valence-corrected chi connectivity index (χ1v) is 7.29. The van der Waals surface area contributed by atoms with Crippen molar-refractivity contribution < 1.29 is 8.42 Å². The Kier molecular flexibility index (Phi) is 5.18. The molecule has 1 atom stereocenters. The summed E-state index contributed by atoms with van der Waals surface area (Å²) in [7, 11) is -3.32. The Morgan fingerprint density at radius 1 is 1.41 bits per heavy atom. The zero-order chi connectivity index (χ0) is 12.9. The van der Waals surface area contributed by atoms with Crippen LogP contribution in [-0.2, 0) is 10.0 Å². The molecule has 0 fully saturated rings. The SMILES string of the molecule is C=C(Cl)CNS(=O)(=O)CC(C)c1ccccc1. The third-order valence-corrected chi connectivity index (χ3v) is 3.98. The quantitative estimate of drug-likeness (QED) is 0.865. The van der Waals surface area contributed by atoms with Crippen LogP contribution in [0.2, 0.25) is 0 Å². The minimum absolute atomic E-state index is 0.0428. The van der Waals surface area contributed by atoms with Gasteiger partial charge in [-0.3, -0.25) is 0 Å². The fraction of sp³-hybridized carbons (Fsp3) is 0.333. The van der Waals surface area contributed by atoms with E-state index in [-0.39, 0.29) is 23.2 Å². The van der Waals surface area contributed by atoms with Crippen LogP contribution >= 0.6 is 11.6 Å². The Balaban J connectivity index is 2.62. The van der Waals surface area contributed by atoms with Crippen LogP contribution < -0.4 is 4.72 Å². The van der Waals surface area contributed by atoms with Crippen molar-refractivity contribution in [1.29, 1.82) is 0 Å². The van der Waals surface area contributed by atoms with Gasteiger partial charge in [-0.25, -0.2) is 13.1 Å². The predicted molar refractivity (Wildman–Crippen MR) is 71.6 cm³/mol. The summed E-state index contributed by atoms with van der Waals surface area (Å²) in [5.74, 6) is -0.0152. The maximum atomic E-state index is 11.7. The fourth-order valence-corrected chi connectivity index (χ4v) is 2.96. The molecule has 1 rings (SSSR count). The zero-order valence-electron chi connectivity index (χ0n) is 9.69. The van der Waals surface area contributed by atoms with Crippen molar-refractivity contribution in [3.63, 3.8) is 0 Å². The van der Waals surface area contributed by atoms with Gasteiger partial charge in [0.15, 0.2) is 0 Å². The van der Waals surface area contributed by atoms with Crippen molar-refractivity contribution >= 4 is 21.6 Å². The number of nitrogens with one attached hydrogen (secondary N) is 1. The van der Waals surface area contributed by atoms with E-state index in [1.54, 1.807) is 0 Å². The third kappa shape index (κ3) is 5.35. The van der Waals surface area contributed by atoms with Crippen molar-refractivity contribution in [1.82, 2.24) is 4.72 Å². The second-order valence-corrected chi connectivity index (χ2v) is 6.32. The molecule has 3 nitrogen and oxygen atoms in total. The topological polar surface area (TPSA) is 46.2 Å². The number of sulfonamides is 1. The number of benzene rings is 1. The van der Waals surface area contributed by atoms with Crippen molar-refractivity contribution in [2.45, 2.75) is 12.8 Å². The normalized spacial score (nSPS) is 13.3. The Morgan fingerprint density at radius 2 is 2.00 bits per heavy atom. The first-order valence-electron chi connectivity index (χ1n) is 5.26. The smallest absolute Gasteiger partial charge is 0.212 e. The summed E-state index contributed by atoms with van der Waals surface area (Å²) in [5, 5.41) is 0.279. The van der Waals surface area contributed by atoms with Gasteiger partial charge in [0.25, 0.3) is 0 Å². The molecule has 0 heterocycles. The van der Waals surface area contributed by atoms with Crippen LogP contribution in [0, 0.1) is 0 Å². The molecule has 1 aromatic rings. The van der Waals surface area contributed by atoms with Gasteiger partial charge >= 0.3 is 0 Å². The standard InChI is InChI=1S/C12H16ClNO2S/c1-10(12-6-4-3-5-7-12)9-17(15,16)14-8-11(2)13/h3-7,10,14H,2,8-9H2,1H3. The summed E-state index contributed by atoms with van der Waals surface area (Å²) >= 11 is 5.52. The molecular formula is C12H16ClNO2S. The van der Waals surface area contributed by atoms with Gasteiger partial charge in [-0.2, -0.15) is 0 Å². The first-order chi connectivity index (χ1) is 7.91. The number of hydrogen-bond acceptors (Lipinski definition) is 2. The summed E-state index contributed by atoms with van der Waals surface area (Å²) in [4.78, 5) is 0. The fourth-order valence-electron chi connectivity index (χ4n) is 1.45. The Labute approximate surface area is 108 Å². The minimum Gasteiger partial charge on any atom is -0.212 e. The lowest BCUT2D eigenvalue weighted by atomic mass is 10.0. The number of rotatable bonds is 6. The molecular weight excluding hydrogens is 258 g/mol. The molecule has 5 heteroatoms. The maximum absolute atomic E-state index is 11.7. The Morgan fingerprint density at radius 3 is 2.53 bits per heavy atom. The van der Waals surface area contributed by atoms with E-state index in [9.17, 15) is 8.42 Å². The molecule has 0 aliphatic heterocycles. The molecule has 0 saturated heterocycles. The van der Waals surface area contributed by atoms with Crippen LogP contribution in [0.15, 0.2) is 41.9 Å². The van der Waals surface area contributed by atoms with Gasteiger partial charge in [0.05, 0.1) is 5.75 Å². The summed E-state index contributed by atoms with van der Waals surface area (Å²) in [6, 6.07) is 9.53. The van der Waals surface area contributed by atoms with Gasteiger partial charge in [-0.05, 0) is 11.5 Å². The van der Waals surface area contributed by atoms with Crippen molar-refractivity contribution in [2.75, 3.05) is 12.3 Å². The monoisotopic (exact) mass is 273 g/mol. The lowest BCUT2D eigenvalue weighted by molar-refractivity contribution is 0.579. The first kappa shape index (κ1) is 14.2. The minimum atomic E-state index is -3.32.